The molecule has 7 rings (SSSR count). The number of ether oxygens (including phenoxy) is 2. The van der Waals surface area contributed by atoms with Crippen molar-refractivity contribution in [2.45, 2.75) is 83.8 Å². The number of hydrogen-bond donors (Lipinski definition) is 0. The zero-order chi connectivity index (χ0) is 44.7. The van der Waals surface area contributed by atoms with Crippen molar-refractivity contribution in [2.75, 3.05) is 108 Å². The molecule has 0 spiro atoms. The van der Waals surface area contributed by atoms with Gasteiger partial charge in [0.25, 0.3) is 0 Å². The topological polar surface area (TPSA) is 145 Å². The van der Waals surface area contributed by atoms with Crippen LogP contribution >= 0.6 is 0 Å². The summed E-state index contributed by atoms with van der Waals surface area (Å²) in [6.45, 7) is 22.5. The van der Waals surface area contributed by atoms with Gasteiger partial charge in [0.05, 0.1) is 0 Å². The van der Waals surface area contributed by atoms with Crippen LogP contribution < -0.4 is 9.80 Å². The van der Waals surface area contributed by atoms with Gasteiger partial charge >= 0.3 is 0 Å². The Morgan fingerprint density at radius 1 is 0.635 bits per heavy atom. The van der Waals surface area contributed by atoms with Crippen LogP contribution in [0.3, 0.4) is 0 Å². The molecule has 0 radical (unpaired) electrons. The lowest BCUT2D eigenvalue weighted by atomic mass is 9.86. The van der Waals surface area contributed by atoms with Gasteiger partial charge in [0.1, 0.15) is 35.2 Å². The number of amides is 2. The van der Waals surface area contributed by atoms with Gasteiger partial charge < -0.3 is 14.4 Å². The van der Waals surface area contributed by atoms with Crippen molar-refractivity contribution in [3.05, 3.63) is 83.7 Å². The minimum Gasteiger partial charge on any atom is -0.381 e. The summed E-state index contributed by atoms with van der Waals surface area (Å²) in [6.07, 6.45) is 4.39. The zero-order valence-corrected chi connectivity index (χ0v) is 38.1. The molecular formula is C49H68N10O4. The van der Waals surface area contributed by atoms with Crippen LogP contribution in [0.25, 0.3) is 0 Å². The second-order valence-electron chi connectivity index (χ2n) is 17.8. The Balaban J connectivity index is 0.000000211. The highest BCUT2D eigenvalue weighted by Gasteiger charge is 2.44. The molecule has 14 nitrogen and oxygen atoms in total. The molecular weight excluding hydrogens is 793 g/mol. The van der Waals surface area contributed by atoms with Gasteiger partial charge in [-0.05, 0) is 61.4 Å². The number of aromatic nitrogens is 2. The summed E-state index contributed by atoms with van der Waals surface area (Å²) in [7, 11) is 0. The molecule has 338 valence electrons. The number of piperazine rings is 2. The van der Waals surface area contributed by atoms with E-state index >= 15 is 0 Å². The van der Waals surface area contributed by atoms with Crippen LogP contribution in [0, 0.1) is 28.6 Å². The first-order valence-electron chi connectivity index (χ1n) is 23.1. The number of rotatable bonds is 14. The maximum absolute atomic E-state index is 13.0. The van der Waals surface area contributed by atoms with E-state index in [9.17, 15) is 20.1 Å². The quantitative estimate of drug-likeness (QED) is 0.200. The molecule has 0 saturated carbocycles. The molecule has 0 atom stereocenters. The SMILES string of the molecule is CCC(=O)N(CC1(N2CCN(CC(C)C)CC2)CCOCC1)c1cccc(C#N)n1.CCC(=O)N(CC1(N2CCN(Cc3ccccc3)CC2)CCOCC1)c1cccc(C#N)n1. The van der Waals surface area contributed by atoms with E-state index in [0.29, 0.717) is 81.3 Å². The molecule has 0 bridgehead atoms. The van der Waals surface area contributed by atoms with Crippen molar-refractivity contribution >= 4 is 23.5 Å². The number of anilines is 2. The largest absolute Gasteiger partial charge is 0.381 e. The Bertz CT molecular complexity index is 1990. The third kappa shape index (κ3) is 12.7. The highest BCUT2D eigenvalue weighted by Crippen LogP contribution is 2.34. The first-order chi connectivity index (χ1) is 30.6. The fourth-order valence-electron chi connectivity index (χ4n) is 9.63. The molecule has 2 amide bonds. The van der Waals surface area contributed by atoms with Crippen molar-refractivity contribution in [2.24, 2.45) is 5.92 Å². The maximum atomic E-state index is 13.0. The molecule has 3 aromatic rings. The number of nitriles is 2. The minimum absolute atomic E-state index is 0.0335. The second kappa shape index (κ2) is 23.2. The van der Waals surface area contributed by atoms with Crippen molar-refractivity contribution in [1.29, 1.82) is 10.5 Å². The van der Waals surface area contributed by atoms with Crippen LogP contribution in [0.5, 0.6) is 0 Å². The lowest BCUT2D eigenvalue weighted by Gasteiger charge is -2.51. The maximum Gasteiger partial charge on any atom is 0.227 e. The summed E-state index contributed by atoms with van der Waals surface area (Å²) >= 11 is 0. The molecule has 4 saturated heterocycles. The summed E-state index contributed by atoms with van der Waals surface area (Å²) in [5, 5.41) is 18.6. The zero-order valence-electron chi connectivity index (χ0n) is 38.1. The smallest absolute Gasteiger partial charge is 0.227 e. The molecule has 1 aromatic carbocycles. The Labute approximate surface area is 375 Å². The summed E-state index contributed by atoms with van der Waals surface area (Å²) < 4.78 is 11.4. The third-order valence-electron chi connectivity index (χ3n) is 13.2. The van der Waals surface area contributed by atoms with Gasteiger partial charge in [-0.15, -0.1) is 0 Å². The van der Waals surface area contributed by atoms with Gasteiger partial charge in [0, 0.05) is 129 Å². The molecule has 0 unspecified atom stereocenters. The van der Waals surface area contributed by atoms with Crippen LogP contribution in [-0.4, -0.2) is 151 Å². The van der Waals surface area contributed by atoms with E-state index in [1.165, 1.54) is 5.56 Å². The number of carbonyl (C=O) groups excluding carboxylic acids is 2. The van der Waals surface area contributed by atoms with Crippen LogP contribution in [-0.2, 0) is 25.6 Å². The number of carbonyl (C=O) groups is 2. The van der Waals surface area contributed by atoms with Gasteiger partial charge in [-0.2, -0.15) is 10.5 Å². The van der Waals surface area contributed by atoms with E-state index in [-0.39, 0.29) is 22.9 Å². The number of hydrogen-bond acceptors (Lipinski definition) is 12. The molecule has 0 aliphatic carbocycles. The van der Waals surface area contributed by atoms with Crippen molar-refractivity contribution < 1.29 is 19.1 Å². The van der Waals surface area contributed by atoms with Gasteiger partial charge in [0.15, 0.2) is 0 Å². The average molecular weight is 861 g/mol. The van der Waals surface area contributed by atoms with Crippen LogP contribution in [0.15, 0.2) is 66.7 Å². The average Bonchev–Trinajstić information content (AvgIpc) is 3.33. The molecule has 4 fully saturated rings. The Kier molecular flexibility index (Phi) is 17.6. The molecule has 6 heterocycles. The molecule has 0 N–H and O–H groups in total. The monoisotopic (exact) mass is 861 g/mol. The molecule has 2 aromatic heterocycles. The molecule has 63 heavy (non-hydrogen) atoms. The lowest BCUT2D eigenvalue weighted by molar-refractivity contribution is -0.120. The minimum atomic E-state index is -0.147. The Hall–Kier alpha value is -4.80. The first kappa shape index (κ1) is 47.7. The second-order valence-corrected chi connectivity index (χ2v) is 17.8. The molecule has 4 aliphatic heterocycles. The van der Waals surface area contributed by atoms with Crippen LogP contribution in [0.4, 0.5) is 11.6 Å². The predicted molar refractivity (Wildman–Crippen MR) is 245 cm³/mol. The third-order valence-corrected chi connectivity index (χ3v) is 13.2. The summed E-state index contributed by atoms with van der Waals surface area (Å²) in [4.78, 5) is 48.6. The van der Waals surface area contributed by atoms with Crippen LogP contribution in [0.2, 0.25) is 0 Å². The summed E-state index contributed by atoms with van der Waals surface area (Å²) in [5.74, 6) is 1.89. The Morgan fingerprint density at radius 3 is 1.46 bits per heavy atom. The highest BCUT2D eigenvalue weighted by atomic mass is 16.5. The fourth-order valence-corrected chi connectivity index (χ4v) is 9.63. The fraction of sp³-hybridized carbons (Fsp3) is 0.592. The summed E-state index contributed by atoms with van der Waals surface area (Å²) in [5.41, 5.74) is 1.75. The van der Waals surface area contributed by atoms with E-state index in [1.54, 1.807) is 34.1 Å². The van der Waals surface area contributed by atoms with Crippen molar-refractivity contribution in [3.63, 3.8) is 0 Å². The van der Waals surface area contributed by atoms with Crippen molar-refractivity contribution in [1.82, 2.24) is 29.6 Å². The standard InChI is InChI=1S/C26H33N5O2.C23H35N5O2/c1-2-25(32)31(24-10-6-9-23(19-27)28-24)21-26(11-17-33-18-12-26)30-15-13-29(14-16-30)20-22-7-4-3-5-8-22;1-4-22(29)28(21-7-5-6-20(16-24)25-21)18-23(8-14-30-15-9-23)27-12-10-26(11-13-27)17-19(2)3/h3-10H,2,11-18,20-21H2,1H3;5-7,19H,4,8-15,17-18H2,1-3H3. The normalized spacial score (nSPS) is 19.5. The highest BCUT2D eigenvalue weighted by molar-refractivity contribution is 5.93. The van der Waals surface area contributed by atoms with E-state index in [1.807, 2.05) is 26.0 Å². The van der Waals surface area contributed by atoms with Gasteiger partial charge in [-0.1, -0.05) is 70.2 Å². The first-order valence-corrected chi connectivity index (χ1v) is 23.1. The van der Waals surface area contributed by atoms with E-state index in [4.69, 9.17) is 9.47 Å². The van der Waals surface area contributed by atoms with E-state index in [2.05, 4.69) is 85.9 Å². The van der Waals surface area contributed by atoms with Crippen molar-refractivity contribution in [3.8, 4) is 12.1 Å². The van der Waals surface area contributed by atoms with Gasteiger partial charge in [-0.25, -0.2) is 9.97 Å². The lowest BCUT2D eigenvalue weighted by Crippen LogP contribution is -2.63. The number of nitrogens with zero attached hydrogens (tertiary/aromatic N) is 10. The van der Waals surface area contributed by atoms with Crippen LogP contribution in [0.1, 0.15) is 83.2 Å². The van der Waals surface area contributed by atoms with Gasteiger partial charge in [0.2, 0.25) is 11.8 Å². The number of benzene rings is 1. The molecule has 4 aliphatic rings. The van der Waals surface area contributed by atoms with E-state index in [0.717, 1.165) is 91.1 Å². The Morgan fingerprint density at radius 2 is 1.06 bits per heavy atom. The molecule has 14 heteroatoms. The number of pyridine rings is 2. The predicted octanol–water partition coefficient (Wildman–Crippen LogP) is 5.58. The van der Waals surface area contributed by atoms with E-state index < -0.39 is 0 Å². The van der Waals surface area contributed by atoms with Gasteiger partial charge in [-0.3, -0.25) is 34.1 Å². The summed E-state index contributed by atoms with van der Waals surface area (Å²) in [6, 6.07) is 25.4.